The first kappa shape index (κ1) is 13.3. The van der Waals surface area contributed by atoms with Gasteiger partial charge in [0.1, 0.15) is 23.4 Å². The lowest BCUT2D eigenvalue weighted by atomic mass is 10.2. The number of benzene rings is 1. The van der Waals surface area contributed by atoms with Crippen LogP contribution in [-0.2, 0) is 4.79 Å². The van der Waals surface area contributed by atoms with E-state index >= 15 is 0 Å². The summed E-state index contributed by atoms with van der Waals surface area (Å²) in [6.07, 6.45) is 0.882. The fraction of sp³-hybridized carbons (Fsp3) is 0.333. The molecule has 5 nitrogen and oxygen atoms in total. The summed E-state index contributed by atoms with van der Waals surface area (Å²) in [6.45, 7) is 0.249. The van der Waals surface area contributed by atoms with Gasteiger partial charge >= 0.3 is 12.0 Å². The number of nitrogens with one attached hydrogen (secondary N) is 1. The van der Waals surface area contributed by atoms with Gasteiger partial charge in [-0.05, 0) is 25.0 Å². The van der Waals surface area contributed by atoms with Crippen LogP contribution in [0.5, 0.6) is 0 Å². The molecule has 1 atom stereocenters. The molecule has 0 saturated carbocycles. The highest BCUT2D eigenvalue weighted by Crippen LogP contribution is 2.22. The monoisotopic (exact) mass is 270 g/mol. The van der Waals surface area contributed by atoms with Crippen molar-refractivity contribution >= 4 is 17.7 Å². The molecule has 2 amide bonds. The van der Waals surface area contributed by atoms with Gasteiger partial charge in [0.05, 0.1) is 0 Å². The Morgan fingerprint density at radius 1 is 1.32 bits per heavy atom. The Kier molecular flexibility index (Phi) is 3.64. The number of halogens is 2. The summed E-state index contributed by atoms with van der Waals surface area (Å²) in [4.78, 5) is 23.8. The number of hydrogen-bond acceptors (Lipinski definition) is 2. The number of hydrogen-bond donors (Lipinski definition) is 2. The number of carboxylic acid groups (broad SMARTS) is 1. The summed E-state index contributed by atoms with van der Waals surface area (Å²) < 4.78 is 26.7. The number of urea groups is 1. The summed E-state index contributed by atoms with van der Waals surface area (Å²) in [5.74, 6) is -2.93. The van der Waals surface area contributed by atoms with Crippen molar-refractivity contribution in [1.29, 1.82) is 0 Å². The first-order valence-electron chi connectivity index (χ1n) is 5.75. The van der Waals surface area contributed by atoms with E-state index in [2.05, 4.69) is 5.32 Å². The molecular weight excluding hydrogens is 258 g/mol. The number of rotatable bonds is 2. The van der Waals surface area contributed by atoms with E-state index in [0.717, 1.165) is 17.0 Å². The van der Waals surface area contributed by atoms with E-state index in [9.17, 15) is 18.4 Å². The number of nitrogens with zero attached hydrogens (tertiary/aromatic N) is 1. The third kappa shape index (κ3) is 2.64. The Bertz CT molecular complexity index is 501. The molecule has 1 fully saturated rings. The molecule has 0 aliphatic carbocycles. The third-order valence-electron chi connectivity index (χ3n) is 2.99. The molecule has 1 aromatic rings. The zero-order chi connectivity index (χ0) is 14.0. The molecule has 0 spiro atoms. The van der Waals surface area contributed by atoms with E-state index in [1.54, 1.807) is 0 Å². The van der Waals surface area contributed by atoms with E-state index < -0.39 is 35.4 Å². The van der Waals surface area contributed by atoms with Crippen molar-refractivity contribution in [2.75, 3.05) is 11.9 Å². The normalized spacial score (nSPS) is 18.4. The van der Waals surface area contributed by atoms with Crippen LogP contribution in [0.25, 0.3) is 0 Å². The molecule has 2 N–H and O–H groups in total. The van der Waals surface area contributed by atoms with Crippen LogP contribution in [0.2, 0.25) is 0 Å². The molecule has 0 aromatic heterocycles. The minimum Gasteiger partial charge on any atom is -0.480 e. The number of para-hydroxylation sites is 1. The molecule has 2 rings (SSSR count). The number of likely N-dealkylation sites (tertiary alicyclic amines) is 1. The van der Waals surface area contributed by atoms with Gasteiger partial charge in [-0.1, -0.05) is 6.07 Å². The molecule has 7 heteroatoms. The Morgan fingerprint density at radius 3 is 2.53 bits per heavy atom. The van der Waals surface area contributed by atoms with Gasteiger partial charge in [0, 0.05) is 6.54 Å². The molecular formula is C12H12F2N2O3. The van der Waals surface area contributed by atoms with Crippen molar-refractivity contribution in [2.45, 2.75) is 18.9 Å². The van der Waals surface area contributed by atoms with Gasteiger partial charge in [-0.3, -0.25) is 0 Å². The molecule has 1 saturated heterocycles. The predicted octanol–water partition coefficient (Wildman–Crippen LogP) is 2.05. The Hall–Kier alpha value is -2.18. The van der Waals surface area contributed by atoms with Crippen LogP contribution in [-0.4, -0.2) is 34.6 Å². The van der Waals surface area contributed by atoms with Crippen LogP contribution in [0.3, 0.4) is 0 Å². The molecule has 0 radical (unpaired) electrons. The molecule has 102 valence electrons. The standard InChI is InChI=1S/C12H12F2N2O3/c13-7-3-1-4-8(14)10(7)15-12(19)16-6-2-5-9(16)11(17)18/h1,3-4,9H,2,5-6H2,(H,15,19)(H,17,18). The summed E-state index contributed by atoms with van der Waals surface area (Å²) in [5, 5.41) is 11.0. The fourth-order valence-electron chi connectivity index (χ4n) is 2.06. The number of carboxylic acids is 1. The van der Waals surface area contributed by atoms with Crippen LogP contribution in [0.1, 0.15) is 12.8 Å². The van der Waals surface area contributed by atoms with Crippen molar-refractivity contribution in [2.24, 2.45) is 0 Å². The first-order chi connectivity index (χ1) is 9.00. The molecule has 1 heterocycles. The predicted molar refractivity (Wildman–Crippen MR) is 62.7 cm³/mol. The highest BCUT2D eigenvalue weighted by Gasteiger charge is 2.34. The Labute approximate surface area is 107 Å². The summed E-state index contributed by atoms with van der Waals surface area (Å²) in [7, 11) is 0. The number of amides is 2. The maximum absolute atomic E-state index is 13.4. The van der Waals surface area contributed by atoms with Crippen molar-refractivity contribution < 1.29 is 23.5 Å². The van der Waals surface area contributed by atoms with Crippen molar-refractivity contribution in [1.82, 2.24) is 4.90 Å². The van der Waals surface area contributed by atoms with Gasteiger partial charge in [-0.25, -0.2) is 18.4 Å². The molecule has 1 aliphatic heterocycles. The zero-order valence-corrected chi connectivity index (χ0v) is 9.90. The number of carbonyl (C=O) groups is 2. The van der Waals surface area contributed by atoms with Gasteiger partial charge in [0.15, 0.2) is 0 Å². The first-order valence-corrected chi connectivity index (χ1v) is 5.75. The summed E-state index contributed by atoms with van der Waals surface area (Å²) in [6, 6.07) is 1.44. The lowest BCUT2D eigenvalue weighted by Crippen LogP contribution is -2.43. The van der Waals surface area contributed by atoms with Crippen LogP contribution in [0.4, 0.5) is 19.3 Å². The van der Waals surface area contributed by atoms with Crippen LogP contribution in [0.15, 0.2) is 18.2 Å². The lowest BCUT2D eigenvalue weighted by molar-refractivity contribution is -0.141. The maximum Gasteiger partial charge on any atom is 0.326 e. The molecule has 19 heavy (non-hydrogen) atoms. The fourth-order valence-corrected chi connectivity index (χ4v) is 2.06. The minimum absolute atomic E-state index is 0.249. The zero-order valence-electron chi connectivity index (χ0n) is 9.90. The van der Waals surface area contributed by atoms with E-state index in [1.165, 1.54) is 6.07 Å². The average Bonchev–Trinajstić information content (AvgIpc) is 2.83. The van der Waals surface area contributed by atoms with Crippen LogP contribution < -0.4 is 5.32 Å². The van der Waals surface area contributed by atoms with Gasteiger partial charge in [-0.2, -0.15) is 0 Å². The van der Waals surface area contributed by atoms with E-state index in [1.807, 2.05) is 0 Å². The summed E-state index contributed by atoms with van der Waals surface area (Å²) in [5.41, 5.74) is -0.566. The number of anilines is 1. The molecule has 1 aromatic carbocycles. The second-order valence-corrected chi connectivity index (χ2v) is 4.22. The lowest BCUT2D eigenvalue weighted by Gasteiger charge is -2.22. The van der Waals surface area contributed by atoms with Gasteiger partial charge in [0.25, 0.3) is 0 Å². The Balaban J connectivity index is 2.15. The third-order valence-corrected chi connectivity index (χ3v) is 2.99. The maximum atomic E-state index is 13.4. The van der Waals surface area contributed by atoms with Gasteiger partial charge in [0.2, 0.25) is 0 Å². The molecule has 1 unspecified atom stereocenters. The van der Waals surface area contributed by atoms with Crippen LogP contribution >= 0.6 is 0 Å². The quantitative estimate of drug-likeness (QED) is 0.864. The second-order valence-electron chi connectivity index (χ2n) is 4.22. The van der Waals surface area contributed by atoms with E-state index in [0.29, 0.717) is 12.8 Å². The second kappa shape index (κ2) is 5.21. The SMILES string of the molecule is O=C(O)C1CCCN1C(=O)Nc1c(F)cccc1F. The Morgan fingerprint density at radius 2 is 1.95 bits per heavy atom. The van der Waals surface area contributed by atoms with Gasteiger partial charge < -0.3 is 15.3 Å². The largest absolute Gasteiger partial charge is 0.480 e. The molecule has 0 bridgehead atoms. The average molecular weight is 270 g/mol. The van der Waals surface area contributed by atoms with E-state index in [4.69, 9.17) is 5.11 Å². The van der Waals surface area contributed by atoms with Crippen molar-refractivity contribution in [3.63, 3.8) is 0 Å². The molecule has 1 aliphatic rings. The highest BCUT2D eigenvalue weighted by molar-refractivity contribution is 5.92. The number of aliphatic carboxylic acids is 1. The summed E-state index contributed by atoms with van der Waals surface area (Å²) >= 11 is 0. The highest BCUT2D eigenvalue weighted by atomic mass is 19.1. The number of carbonyl (C=O) groups excluding carboxylic acids is 1. The smallest absolute Gasteiger partial charge is 0.326 e. The van der Waals surface area contributed by atoms with Gasteiger partial charge in [-0.15, -0.1) is 0 Å². The minimum atomic E-state index is -1.12. The van der Waals surface area contributed by atoms with E-state index in [-0.39, 0.29) is 6.54 Å². The topological polar surface area (TPSA) is 69.6 Å². The van der Waals surface area contributed by atoms with Crippen molar-refractivity contribution in [3.05, 3.63) is 29.8 Å². The van der Waals surface area contributed by atoms with Crippen molar-refractivity contribution in [3.8, 4) is 0 Å². The van der Waals surface area contributed by atoms with Crippen LogP contribution in [0, 0.1) is 11.6 Å².